The Bertz CT molecular complexity index is 618. The third kappa shape index (κ3) is 3.38. The fourth-order valence-corrected chi connectivity index (χ4v) is 3.84. The molecule has 0 amide bonds. The van der Waals surface area contributed by atoms with E-state index in [9.17, 15) is 9.90 Å². The van der Waals surface area contributed by atoms with Crippen molar-refractivity contribution in [1.29, 1.82) is 0 Å². The number of halogens is 3. The molecule has 6 heteroatoms. The fourth-order valence-electron chi connectivity index (χ4n) is 1.42. The summed E-state index contributed by atoms with van der Waals surface area (Å²) >= 11 is 9.96. The van der Waals surface area contributed by atoms with Gasteiger partial charge in [0.05, 0.1) is 8.95 Å². The van der Waals surface area contributed by atoms with Gasteiger partial charge in [0.25, 0.3) is 0 Å². The number of phenolic OH excluding ortho intramolecular Hbond substituents is 1. The molecule has 0 bridgehead atoms. The Kier molecular flexibility index (Phi) is 4.65. The molecule has 0 aliphatic rings. The number of hydrogen-bond acceptors (Lipinski definition) is 3. The molecule has 0 atom stereocenters. The third-order valence-electron chi connectivity index (χ3n) is 2.28. The smallest absolute Gasteiger partial charge is 0.347 e. The summed E-state index contributed by atoms with van der Waals surface area (Å²) in [6.45, 7) is 0. The first-order valence-electron chi connectivity index (χ1n) is 5.13. The van der Waals surface area contributed by atoms with Gasteiger partial charge in [-0.1, -0.05) is 28.1 Å². The van der Waals surface area contributed by atoms with E-state index in [4.69, 9.17) is 4.74 Å². The molecule has 1 N–H and O–H groups in total. The maximum Gasteiger partial charge on any atom is 0.347 e. The highest BCUT2D eigenvalue weighted by atomic mass is 79.9. The van der Waals surface area contributed by atoms with Crippen molar-refractivity contribution in [2.75, 3.05) is 0 Å². The number of carbonyl (C=O) groups excluding carboxylic acids is 1. The number of carbonyl (C=O) groups is 1. The van der Waals surface area contributed by atoms with Crippen molar-refractivity contribution in [1.82, 2.24) is 0 Å². The van der Waals surface area contributed by atoms with Crippen LogP contribution in [0, 0.1) is 0 Å². The first-order valence-corrected chi connectivity index (χ1v) is 7.51. The number of para-hydroxylation sites is 1. The lowest BCUT2D eigenvalue weighted by atomic mass is 10.2. The van der Waals surface area contributed by atoms with E-state index in [-0.39, 0.29) is 11.3 Å². The summed E-state index contributed by atoms with van der Waals surface area (Å²) in [5.74, 6) is -0.380. The molecule has 0 saturated carbocycles. The summed E-state index contributed by atoms with van der Waals surface area (Å²) in [4.78, 5) is 12.0. The number of phenols is 1. The molecule has 2 rings (SSSR count). The van der Waals surface area contributed by atoms with E-state index in [0.29, 0.717) is 14.7 Å². The zero-order chi connectivity index (χ0) is 14.0. The molecule has 19 heavy (non-hydrogen) atoms. The van der Waals surface area contributed by atoms with Gasteiger partial charge in [-0.05, 0) is 56.1 Å². The highest BCUT2D eigenvalue weighted by Gasteiger charge is 2.17. The Morgan fingerprint density at radius 2 is 1.63 bits per heavy atom. The maximum absolute atomic E-state index is 12.0. The Hall–Kier alpha value is -0.850. The molecule has 98 valence electrons. The van der Waals surface area contributed by atoms with Crippen molar-refractivity contribution in [2.24, 2.45) is 0 Å². The monoisotopic (exact) mass is 448 g/mol. The van der Waals surface area contributed by atoms with Crippen LogP contribution in [-0.2, 0) is 0 Å². The van der Waals surface area contributed by atoms with Crippen LogP contribution in [0.15, 0.2) is 49.8 Å². The number of aromatic hydroxyl groups is 1. The molecule has 0 spiro atoms. The van der Waals surface area contributed by atoms with E-state index in [2.05, 4.69) is 47.8 Å². The summed E-state index contributed by atoms with van der Waals surface area (Å²) < 4.78 is 7.37. The van der Waals surface area contributed by atoms with Crippen molar-refractivity contribution in [3.05, 3.63) is 55.4 Å². The van der Waals surface area contributed by atoms with E-state index in [1.165, 1.54) is 12.1 Å². The average Bonchev–Trinajstić information content (AvgIpc) is 2.34. The molecule has 0 saturated heterocycles. The van der Waals surface area contributed by atoms with Gasteiger partial charge in [-0.15, -0.1) is 0 Å². The Morgan fingerprint density at radius 1 is 1.05 bits per heavy atom. The molecule has 0 heterocycles. The van der Waals surface area contributed by atoms with Crippen molar-refractivity contribution in [3.63, 3.8) is 0 Å². The predicted octanol–water partition coefficient (Wildman–Crippen LogP) is 4.90. The molecular formula is C13H7Br3O3. The van der Waals surface area contributed by atoms with Gasteiger partial charge >= 0.3 is 5.97 Å². The van der Waals surface area contributed by atoms with Gasteiger partial charge in [-0.2, -0.15) is 0 Å². The number of benzene rings is 2. The topological polar surface area (TPSA) is 46.5 Å². The lowest BCUT2D eigenvalue weighted by Gasteiger charge is -2.10. The summed E-state index contributed by atoms with van der Waals surface area (Å²) in [6, 6.07) is 9.75. The minimum Gasteiger partial charge on any atom is -0.507 e. The molecule has 2 aromatic rings. The molecule has 0 fully saturated rings. The van der Waals surface area contributed by atoms with Gasteiger partial charge in [-0.25, -0.2) is 4.79 Å². The van der Waals surface area contributed by atoms with Crippen LogP contribution >= 0.6 is 47.8 Å². The van der Waals surface area contributed by atoms with E-state index in [0.717, 1.165) is 4.47 Å². The van der Waals surface area contributed by atoms with Gasteiger partial charge in [0.2, 0.25) is 0 Å². The van der Waals surface area contributed by atoms with Gasteiger partial charge < -0.3 is 9.84 Å². The first-order chi connectivity index (χ1) is 8.99. The second kappa shape index (κ2) is 6.07. The molecule has 3 nitrogen and oxygen atoms in total. The van der Waals surface area contributed by atoms with Crippen molar-refractivity contribution in [3.8, 4) is 11.5 Å². The van der Waals surface area contributed by atoms with E-state index < -0.39 is 5.97 Å². The highest BCUT2D eigenvalue weighted by Crippen LogP contribution is 2.37. The predicted molar refractivity (Wildman–Crippen MR) is 82.6 cm³/mol. The zero-order valence-electron chi connectivity index (χ0n) is 9.36. The second-order valence-electron chi connectivity index (χ2n) is 3.61. The minimum absolute atomic E-state index is 0.114. The molecule has 0 aliphatic carbocycles. The summed E-state index contributed by atoms with van der Waals surface area (Å²) in [5.41, 5.74) is 0.115. The quantitative estimate of drug-likeness (QED) is 0.523. The standard InChI is InChI=1S/C13H7Br3O3/c14-7-5-9(15)12(10(16)6-7)19-13(18)8-3-1-2-4-11(8)17/h1-6,17H. The van der Waals surface area contributed by atoms with Crippen molar-refractivity contribution < 1.29 is 14.6 Å². The van der Waals surface area contributed by atoms with E-state index in [1.807, 2.05) is 0 Å². The van der Waals surface area contributed by atoms with Gasteiger partial charge in [0.1, 0.15) is 11.3 Å². The van der Waals surface area contributed by atoms with Crippen molar-refractivity contribution >= 4 is 53.8 Å². The average molecular weight is 451 g/mol. The number of rotatable bonds is 2. The number of ether oxygens (including phenoxy) is 1. The molecule has 0 unspecified atom stereocenters. The Morgan fingerprint density at radius 3 is 2.21 bits per heavy atom. The Labute approximate surface area is 135 Å². The van der Waals surface area contributed by atoms with Crippen LogP contribution < -0.4 is 4.74 Å². The normalized spacial score (nSPS) is 10.3. The largest absolute Gasteiger partial charge is 0.507 e. The van der Waals surface area contributed by atoms with Crippen LogP contribution in [-0.4, -0.2) is 11.1 Å². The highest BCUT2D eigenvalue weighted by molar-refractivity contribution is 9.11. The van der Waals surface area contributed by atoms with Crippen molar-refractivity contribution in [2.45, 2.75) is 0 Å². The maximum atomic E-state index is 12.0. The van der Waals surface area contributed by atoms with E-state index in [1.54, 1.807) is 24.3 Å². The number of hydrogen-bond donors (Lipinski definition) is 1. The SMILES string of the molecule is O=C(Oc1c(Br)cc(Br)cc1Br)c1ccccc1O. The summed E-state index contributed by atoms with van der Waals surface area (Å²) in [6.07, 6.45) is 0. The first kappa shape index (κ1) is 14.6. The van der Waals surface area contributed by atoms with E-state index >= 15 is 0 Å². The molecule has 0 aliphatic heterocycles. The van der Waals surface area contributed by atoms with Gasteiger partial charge in [-0.3, -0.25) is 0 Å². The van der Waals surface area contributed by atoms with Gasteiger partial charge in [0.15, 0.2) is 5.75 Å². The lowest BCUT2D eigenvalue weighted by molar-refractivity contribution is 0.0729. The third-order valence-corrected chi connectivity index (χ3v) is 3.92. The summed E-state index contributed by atoms with van der Waals surface area (Å²) in [7, 11) is 0. The molecular weight excluding hydrogens is 444 g/mol. The second-order valence-corrected chi connectivity index (χ2v) is 6.23. The van der Waals surface area contributed by atoms with Crippen LogP contribution in [0.1, 0.15) is 10.4 Å². The number of esters is 1. The van der Waals surface area contributed by atoms with Crippen LogP contribution in [0.25, 0.3) is 0 Å². The van der Waals surface area contributed by atoms with Crippen LogP contribution in [0.5, 0.6) is 11.5 Å². The fraction of sp³-hybridized carbons (Fsp3) is 0. The lowest BCUT2D eigenvalue weighted by Crippen LogP contribution is -2.09. The van der Waals surface area contributed by atoms with Crippen LogP contribution in [0.4, 0.5) is 0 Å². The van der Waals surface area contributed by atoms with Gasteiger partial charge in [0, 0.05) is 4.47 Å². The zero-order valence-corrected chi connectivity index (χ0v) is 14.1. The molecule has 2 aromatic carbocycles. The van der Waals surface area contributed by atoms with Crippen LogP contribution in [0.2, 0.25) is 0 Å². The minimum atomic E-state index is -0.623. The summed E-state index contributed by atoms with van der Waals surface area (Å²) in [5, 5.41) is 9.61. The molecule has 0 aromatic heterocycles. The molecule has 0 radical (unpaired) electrons. The van der Waals surface area contributed by atoms with Crippen LogP contribution in [0.3, 0.4) is 0 Å². The Balaban J connectivity index is 2.32.